The van der Waals surface area contributed by atoms with Gasteiger partial charge in [-0.15, -0.1) is 0 Å². The second-order valence-corrected chi connectivity index (χ2v) is 8.25. The van der Waals surface area contributed by atoms with E-state index in [4.69, 9.17) is 9.31 Å². The molecule has 2 heterocycles. The van der Waals surface area contributed by atoms with Crippen molar-refractivity contribution in [2.75, 3.05) is 20.1 Å². The highest BCUT2D eigenvalue weighted by Gasteiger charge is 2.51. The fraction of sp³-hybridized carbons (Fsp3) is 0.600. The first-order chi connectivity index (χ1) is 11.3. The molecular formula is C20H30BNO2. The normalized spacial score (nSPS) is 24.8. The third kappa shape index (κ3) is 3.76. The van der Waals surface area contributed by atoms with Crippen molar-refractivity contribution in [2.24, 2.45) is 5.92 Å². The summed E-state index contributed by atoms with van der Waals surface area (Å²) in [5, 5.41) is 0. The number of rotatable bonds is 3. The smallest absolute Gasteiger partial charge is 0.399 e. The summed E-state index contributed by atoms with van der Waals surface area (Å²) in [7, 11) is 1.93. The Kier molecular flexibility index (Phi) is 4.92. The van der Waals surface area contributed by atoms with E-state index in [1.54, 1.807) is 0 Å². The minimum atomic E-state index is -0.287. The standard InChI is InChI=1S/C20H30BNO2/c1-19(2)20(3,4)24-21(23-19)18-10-8-16(9-11-18)6-7-17-12-14-22(5)15-13-17/h6-11,17H,12-15H2,1-5H3. The minimum Gasteiger partial charge on any atom is -0.399 e. The first-order valence-electron chi connectivity index (χ1n) is 9.09. The van der Waals surface area contributed by atoms with Crippen molar-refractivity contribution in [3.63, 3.8) is 0 Å². The Hall–Kier alpha value is -1.10. The average Bonchev–Trinajstić information content (AvgIpc) is 2.75. The number of nitrogens with zero attached hydrogens (tertiary/aromatic N) is 1. The van der Waals surface area contributed by atoms with Gasteiger partial charge in [0.2, 0.25) is 0 Å². The van der Waals surface area contributed by atoms with Gasteiger partial charge in [0.1, 0.15) is 0 Å². The molecule has 0 aromatic heterocycles. The van der Waals surface area contributed by atoms with Crippen LogP contribution in [0.2, 0.25) is 0 Å². The van der Waals surface area contributed by atoms with Gasteiger partial charge >= 0.3 is 7.12 Å². The van der Waals surface area contributed by atoms with Crippen LogP contribution in [0.4, 0.5) is 0 Å². The van der Waals surface area contributed by atoms with Crippen molar-refractivity contribution in [3.8, 4) is 0 Å². The van der Waals surface area contributed by atoms with Gasteiger partial charge in [0.25, 0.3) is 0 Å². The molecule has 1 aromatic rings. The second kappa shape index (κ2) is 6.66. The molecule has 2 aliphatic rings. The van der Waals surface area contributed by atoms with Gasteiger partial charge in [-0.3, -0.25) is 0 Å². The second-order valence-electron chi connectivity index (χ2n) is 8.25. The van der Waals surface area contributed by atoms with Crippen LogP contribution < -0.4 is 5.46 Å². The van der Waals surface area contributed by atoms with Crippen molar-refractivity contribution in [1.29, 1.82) is 0 Å². The monoisotopic (exact) mass is 327 g/mol. The van der Waals surface area contributed by atoms with E-state index in [1.807, 2.05) is 0 Å². The topological polar surface area (TPSA) is 21.7 Å². The molecule has 0 amide bonds. The summed E-state index contributed by atoms with van der Waals surface area (Å²) < 4.78 is 12.2. The first kappa shape index (κ1) is 17.7. The SMILES string of the molecule is CN1CCC(C=Cc2ccc(B3OC(C)(C)C(C)(C)O3)cc2)CC1. The quantitative estimate of drug-likeness (QED) is 0.795. The highest BCUT2D eigenvalue weighted by atomic mass is 16.7. The molecule has 24 heavy (non-hydrogen) atoms. The Balaban J connectivity index is 1.62. The molecule has 1 aromatic carbocycles. The van der Waals surface area contributed by atoms with Crippen LogP contribution in [-0.4, -0.2) is 43.4 Å². The molecule has 0 aliphatic carbocycles. The van der Waals surface area contributed by atoms with E-state index in [1.165, 1.54) is 31.5 Å². The molecule has 0 spiro atoms. The molecular weight excluding hydrogens is 297 g/mol. The lowest BCUT2D eigenvalue weighted by Gasteiger charge is -2.32. The maximum Gasteiger partial charge on any atom is 0.494 e. The number of likely N-dealkylation sites (tertiary alicyclic amines) is 1. The van der Waals surface area contributed by atoms with Crippen LogP contribution in [0.3, 0.4) is 0 Å². The Morgan fingerprint density at radius 2 is 1.54 bits per heavy atom. The highest BCUT2D eigenvalue weighted by Crippen LogP contribution is 2.36. The number of hydrogen-bond acceptors (Lipinski definition) is 3. The van der Waals surface area contributed by atoms with Gasteiger partial charge in [-0.05, 0) is 77.6 Å². The Bertz CT molecular complexity index is 570. The maximum absolute atomic E-state index is 6.11. The van der Waals surface area contributed by atoms with Crippen LogP contribution in [0.5, 0.6) is 0 Å². The molecule has 0 saturated carbocycles. The molecule has 2 fully saturated rings. The van der Waals surface area contributed by atoms with Gasteiger partial charge in [0.05, 0.1) is 11.2 Å². The lowest BCUT2D eigenvalue weighted by atomic mass is 9.79. The zero-order chi connectivity index (χ0) is 17.4. The zero-order valence-corrected chi connectivity index (χ0v) is 15.7. The van der Waals surface area contributed by atoms with Gasteiger partial charge in [-0.2, -0.15) is 0 Å². The van der Waals surface area contributed by atoms with Crippen molar-refractivity contribution in [3.05, 3.63) is 35.9 Å². The molecule has 130 valence electrons. The van der Waals surface area contributed by atoms with E-state index in [0.717, 1.165) is 5.46 Å². The summed E-state index contributed by atoms with van der Waals surface area (Å²) in [6.07, 6.45) is 7.15. The van der Waals surface area contributed by atoms with Gasteiger partial charge in [-0.25, -0.2) is 0 Å². The molecule has 0 N–H and O–H groups in total. The molecule has 3 nitrogen and oxygen atoms in total. The van der Waals surface area contributed by atoms with Crippen LogP contribution in [0.15, 0.2) is 30.3 Å². The first-order valence-corrected chi connectivity index (χ1v) is 9.09. The molecule has 0 radical (unpaired) electrons. The fourth-order valence-corrected chi connectivity index (χ4v) is 3.21. The molecule has 0 unspecified atom stereocenters. The Morgan fingerprint density at radius 1 is 1.00 bits per heavy atom. The Morgan fingerprint density at radius 3 is 2.08 bits per heavy atom. The number of hydrogen-bond donors (Lipinski definition) is 0. The van der Waals surface area contributed by atoms with Crippen LogP contribution in [0.25, 0.3) is 6.08 Å². The van der Waals surface area contributed by atoms with Gasteiger partial charge in [0.15, 0.2) is 0 Å². The van der Waals surface area contributed by atoms with Crippen molar-refractivity contribution in [2.45, 2.75) is 51.7 Å². The number of allylic oxidation sites excluding steroid dienone is 1. The number of piperidine rings is 1. The highest BCUT2D eigenvalue weighted by molar-refractivity contribution is 6.62. The van der Waals surface area contributed by atoms with Gasteiger partial charge in [0, 0.05) is 0 Å². The van der Waals surface area contributed by atoms with Gasteiger partial charge < -0.3 is 14.2 Å². The summed E-state index contributed by atoms with van der Waals surface area (Å²) in [4.78, 5) is 2.41. The summed E-state index contributed by atoms with van der Waals surface area (Å²) in [5.41, 5.74) is 1.76. The largest absolute Gasteiger partial charge is 0.494 e. The van der Waals surface area contributed by atoms with E-state index >= 15 is 0 Å². The molecule has 3 rings (SSSR count). The van der Waals surface area contributed by atoms with Gasteiger partial charge in [-0.1, -0.05) is 36.4 Å². The fourth-order valence-electron chi connectivity index (χ4n) is 3.21. The Labute approximate surface area is 147 Å². The van der Waals surface area contributed by atoms with Crippen molar-refractivity contribution >= 4 is 18.7 Å². The summed E-state index contributed by atoms with van der Waals surface area (Å²) in [6.45, 7) is 10.8. The van der Waals surface area contributed by atoms with E-state index in [0.29, 0.717) is 5.92 Å². The van der Waals surface area contributed by atoms with E-state index in [2.05, 4.69) is 76.1 Å². The predicted molar refractivity (Wildman–Crippen MR) is 101 cm³/mol. The molecule has 2 saturated heterocycles. The third-order valence-electron chi connectivity index (χ3n) is 5.79. The average molecular weight is 327 g/mol. The third-order valence-corrected chi connectivity index (χ3v) is 5.79. The van der Waals surface area contributed by atoms with E-state index < -0.39 is 0 Å². The lowest BCUT2D eigenvalue weighted by Crippen LogP contribution is -2.41. The van der Waals surface area contributed by atoms with E-state index in [9.17, 15) is 0 Å². The van der Waals surface area contributed by atoms with Crippen molar-refractivity contribution in [1.82, 2.24) is 4.90 Å². The molecule has 0 bridgehead atoms. The molecule has 4 heteroatoms. The number of benzene rings is 1. The minimum absolute atomic E-state index is 0.276. The summed E-state index contributed by atoms with van der Waals surface area (Å²) >= 11 is 0. The predicted octanol–water partition coefficient (Wildman–Crippen LogP) is 3.34. The summed E-state index contributed by atoms with van der Waals surface area (Å²) in [6, 6.07) is 8.56. The van der Waals surface area contributed by atoms with Crippen LogP contribution in [-0.2, 0) is 9.31 Å². The zero-order valence-electron chi connectivity index (χ0n) is 15.7. The summed E-state index contributed by atoms with van der Waals surface area (Å²) in [5.74, 6) is 0.712. The van der Waals surface area contributed by atoms with E-state index in [-0.39, 0.29) is 18.3 Å². The molecule has 2 aliphatic heterocycles. The van der Waals surface area contributed by atoms with Crippen LogP contribution in [0, 0.1) is 5.92 Å². The van der Waals surface area contributed by atoms with Crippen LogP contribution in [0.1, 0.15) is 46.1 Å². The lowest BCUT2D eigenvalue weighted by molar-refractivity contribution is 0.00578. The van der Waals surface area contributed by atoms with Crippen molar-refractivity contribution < 1.29 is 9.31 Å². The van der Waals surface area contributed by atoms with Crippen LogP contribution >= 0.6 is 0 Å². The molecule has 0 atom stereocenters. The maximum atomic E-state index is 6.11.